The van der Waals surface area contributed by atoms with Crippen molar-refractivity contribution in [1.29, 1.82) is 0 Å². The first kappa shape index (κ1) is 51.7. The highest BCUT2D eigenvalue weighted by atomic mass is 32.1. The topological polar surface area (TPSA) is 266 Å². The van der Waals surface area contributed by atoms with Crippen LogP contribution in [0.25, 0.3) is 21.8 Å². The van der Waals surface area contributed by atoms with Crippen molar-refractivity contribution >= 4 is 40.3 Å². The molecule has 1 aliphatic carbocycles. The first-order valence-corrected chi connectivity index (χ1v) is 27.0. The highest BCUT2D eigenvalue weighted by Gasteiger charge is 2.44. The van der Waals surface area contributed by atoms with Crippen molar-refractivity contribution < 1.29 is 38.5 Å². The molecule has 1 unspecified atom stereocenters. The van der Waals surface area contributed by atoms with Crippen LogP contribution in [-0.2, 0) is 9.59 Å². The number of hydrogen-bond acceptors (Lipinski definition) is 20. The lowest BCUT2D eigenvalue weighted by Crippen LogP contribution is -2.54. The van der Waals surface area contributed by atoms with Crippen LogP contribution >= 0.6 is 11.3 Å². The molecule has 78 heavy (non-hydrogen) atoms. The Morgan fingerprint density at radius 1 is 0.885 bits per heavy atom. The Hall–Kier alpha value is -8.42. The second kappa shape index (κ2) is 22.3. The first-order chi connectivity index (χ1) is 37.8. The summed E-state index contributed by atoms with van der Waals surface area (Å²) >= 11 is 1.52. The number of nitrogens with two attached hydrogens (primary N) is 1. The lowest BCUT2D eigenvalue weighted by Gasteiger charge is -2.43. The smallest absolute Gasteiger partial charge is 0.255 e. The third kappa shape index (κ3) is 11.1. The van der Waals surface area contributed by atoms with Gasteiger partial charge in [-0.15, -0.1) is 21.5 Å². The van der Waals surface area contributed by atoms with Crippen LogP contribution in [0.3, 0.4) is 0 Å². The van der Waals surface area contributed by atoms with Gasteiger partial charge >= 0.3 is 0 Å². The monoisotopic (exact) mass is 1070 g/mol. The van der Waals surface area contributed by atoms with Crippen molar-refractivity contribution in [1.82, 2.24) is 50.5 Å². The van der Waals surface area contributed by atoms with Gasteiger partial charge in [-0.05, 0) is 79.6 Å². The number of aliphatic hydroxyl groups excluding tert-OH is 1. The number of nitrogens with one attached hydrogen (secondary N) is 1. The molecule has 2 bridgehead atoms. The number of fused-ring (bicyclic) bond motifs is 2. The Kier molecular flexibility index (Phi) is 14.8. The van der Waals surface area contributed by atoms with Gasteiger partial charge in [0, 0.05) is 86.8 Å². The van der Waals surface area contributed by atoms with Crippen molar-refractivity contribution in [3.05, 3.63) is 114 Å². The molecule has 6 aromatic heterocycles. The Labute approximate surface area is 454 Å². The van der Waals surface area contributed by atoms with Crippen molar-refractivity contribution in [3.63, 3.8) is 0 Å². The van der Waals surface area contributed by atoms with E-state index in [4.69, 9.17) is 24.5 Å². The van der Waals surface area contributed by atoms with E-state index in [2.05, 4.69) is 67.2 Å². The number of hydrogen-bond donors (Lipinski definition) is 4. The summed E-state index contributed by atoms with van der Waals surface area (Å²) < 4.78 is 23.9. The number of anilines is 3. The summed E-state index contributed by atoms with van der Waals surface area (Å²) in [5, 5.41) is 36.7. The highest BCUT2D eigenvalue weighted by Crippen LogP contribution is 2.41. The molecule has 4 fully saturated rings. The first-order valence-electron chi connectivity index (χ1n) is 26.1. The minimum atomic E-state index is -0.886. The summed E-state index contributed by atoms with van der Waals surface area (Å²) in [6.07, 6.45) is 9.24. The number of amides is 2. The zero-order valence-corrected chi connectivity index (χ0v) is 44.3. The molecule has 21 nitrogen and oxygen atoms in total. The number of phenolic OH excluding ortho intramolecular Hbond substituents is 1. The lowest BCUT2D eigenvalue weighted by molar-refractivity contribution is -0.141. The van der Waals surface area contributed by atoms with Crippen molar-refractivity contribution in [2.75, 3.05) is 41.8 Å². The largest absolute Gasteiger partial charge is 0.507 e. The quantitative estimate of drug-likeness (QED) is 0.0775. The maximum atomic E-state index is 14.2. The van der Waals surface area contributed by atoms with Crippen molar-refractivity contribution in [2.24, 2.45) is 5.92 Å². The fourth-order valence-corrected chi connectivity index (χ4v) is 11.6. The summed E-state index contributed by atoms with van der Waals surface area (Å²) in [7, 11) is 0. The van der Waals surface area contributed by atoms with Crippen LogP contribution in [0.1, 0.15) is 87.7 Å². The van der Waals surface area contributed by atoms with Crippen LogP contribution in [0.4, 0.5) is 17.2 Å². The second-order valence-electron chi connectivity index (χ2n) is 20.5. The van der Waals surface area contributed by atoms with E-state index in [-0.39, 0.29) is 84.8 Å². The number of carbonyl (C=O) groups excluding carboxylic acids is 2. The number of likely N-dealkylation sites (tertiary alicyclic amines) is 1. The number of aromatic hydroxyl groups is 1. The summed E-state index contributed by atoms with van der Waals surface area (Å²) in [6, 6.07) is 17.7. The van der Waals surface area contributed by atoms with Crippen LogP contribution in [0.5, 0.6) is 23.3 Å². The summed E-state index contributed by atoms with van der Waals surface area (Å²) in [5.41, 5.74) is 13.7. The molecule has 11 rings (SSSR count). The van der Waals surface area contributed by atoms with Crippen LogP contribution in [0.2, 0.25) is 0 Å². The third-order valence-corrected chi connectivity index (χ3v) is 15.8. The molecular formula is C56H59N13O8S. The lowest BCUT2D eigenvalue weighted by atomic mass is 9.91. The number of rotatable bonds is 16. The number of pyridine rings is 2. The van der Waals surface area contributed by atoms with Gasteiger partial charge in [-0.2, -0.15) is 0 Å². The van der Waals surface area contributed by atoms with Crippen LogP contribution in [0, 0.1) is 24.7 Å². The van der Waals surface area contributed by atoms with E-state index in [1.807, 2.05) is 70.2 Å². The molecule has 3 saturated heterocycles. The van der Waals surface area contributed by atoms with E-state index in [1.165, 1.54) is 16.2 Å². The standard InChI is InChI=1S/C56H59N13O8S/c1-31(2)52(56(73)68-29-38(70)19-46(68)55(72)63-32(3)34-11-14-43(59-24-34)53-33(4)62-30-78-53)48-23-51(66-77-48)74-17-7-10-49-60-25-41(26-61-49)75-39-20-40(21-39)76-50-18-35(15-16-58-50)69-36-12-13-37(69)28-67(27-36)45-22-44(64-65-54(45)57)42-8-5-6-9-47(42)71/h5-6,8-9,11,14-16,18,22-26,30-32,36-40,46,52,70-71H,12-13,17,19-21,27-29H2,1-4H3,(H2,57,65)(H,63,72)/t32-,36+,37?,38+,39?,40?,46-,52-/m0/s1. The number of β-amino-alcohol motifs (C(OH)–C–C–N with tert-alkyl or cyclic N) is 1. The van der Waals surface area contributed by atoms with Gasteiger partial charge in [0.2, 0.25) is 23.5 Å². The molecule has 0 spiro atoms. The summed E-state index contributed by atoms with van der Waals surface area (Å²) in [4.78, 5) is 57.2. The van der Waals surface area contributed by atoms with E-state index in [9.17, 15) is 19.8 Å². The van der Waals surface area contributed by atoms with Gasteiger partial charge in [0.15, 0.2) is 23.9 Å². The van der Waals surface area contributed by atoms with Gasteiger partial charge in [-0.3, -0.25) is 14.6 Å². The molecule has 2 amide bonds. The average Bonchev–Trinajstić information content (AvgIpc) is 4.28. The molecule has 4 aliphatic rings. The number of aryl methyl sites for hydroxylation is 1. The van der Waals surface area contributed by atoms with Crippen molar-refractivity contribution in [2.45, 2.75) is 108 Å². The molecule has 5 N–H and O–H groups in total. The number of phenols is 1. The predicted octanol–water partition coefficient (Wildman–Crippen LogP) is 6.29. The fourth-order valence-electron chi connectivity index (χ4n) is 10.8. The van der Waals surface area contributed by atoms with Gasteiger partial charge < -0.3 is 54.7 Å². The maximum absolute atomic E-state index is 14.2. The zero-order chi connectivity index (χ0) is 54.0. The zero-order valence-electron chi connectivity index (χ0n) is 43.5. The second-order valence-corrected chi connectivity index (χ2v) is 21.4. The van der Waals surface area contributed by atoms with Gasteiger partial charge in [-0.1, -0.05) is 38.0 Å². The van der Waals surface area contributed by atoms with Crippen LogP contribution in [0.15, 0.2) is 95.5 Å². The van der Waals surface area contributed by atoms with Crippen molar-refractivity contribution in [3.8, 4) is 56.9 Å². The number of ether oxygens (including phenoxy) is 3. The Balaban J connectivity index is 0.627. The van der Waals surface area contributed by atoms with E-state index in [1.54, 1.807) is 48.5 Å². The number of nitrogen functional groups attached to an aromatic ring is 1. The van der Waals surface area contributed by atoms with E-state index in [0.717, 1.165) is 59.1 Å². The molecule has 402 valence electrons. The van der Waals surface area contributed by atoms with E-state index >= 15 is 0 Å². The molecule has 22 heteroatoms. The normalized spacial score (nSPS) is 21.3. The molecule has 7 aromatic rings. The number of thiazole rings is 1. The SMILES string of the molecule is Cc1ncsc1-c1ccc([C@H](C)NC(=O)[C@@H]2C[C@@H](O)CN2C(=O)[C@H](c2cc(OCC#Cc3ncc(OC4CC(Oc5cc(N6C7CC[C@@H]6CN(c6cc(-c8ccccc8O)nnc6N)C7)ccn5)C4)cn3)no2)C(C)C)cn1. The van der Waals surface area contributed by atoms with Gasteiger partial charge in [-0.25, -0.2) is 19.9 Å². The Morgan fingerprint density at radius 2 is 1.67 bits per heavy atom. The Morgan fingerprint density at radius 3 is 2.40 bits per heavy atom. The number of aromatic nitrogens is 8. The van der Waals surface area contributed by atoms with E-state index in [0.29, 0.717) is 41.5 Å². The average molecular weight is 1070 g/mol. The number of benzene rings is 1. The van der Waals surface area contributed by atoms with Gasteiger partial charge in [0.1, 0.15) is 29.9 Å². The number of carbonyl (C=O) groups is 2. The fraction of sp³-hybridized carbons (Fsp3) is 0.393. The molecule has 9 heterocycles. The third-order valence-electron chi connectivity index (χ3n) is 14.8. The molecule has 3 aliphatic heterocycles. The highest BCUT2D eigenvalue weighted by molar-refractivity contribution is 7.13. The summed E-state index contributed by atoms with van der Waals surface area (Å²) in [6.45, 7) is 9.02. The number of aliphatic hydroxyl groups is 1. The van der Waals surface area contributed by atoms with Gasteiger partial charge in [0.25, 0.3) is 5.88 Å². The van der Waals surface area contributed by atoms with Crippen LogP contribution < -0.4 is 35.1 Å². The molecule has 1 saturated carbocycles. The number of nitrogens with zero attached hydrogens (tertiary/aromatic N) is 11. The number of piperazine rings is 1. The summed E-state index contributed by atoms with van der Waals surface area (Å²) in [5.74, 6) is 6.29. The maximum Gasteiger partial charge on any atom is 0.255 e. The van der Waals surface area contributed by atoms with E-state index < -0.39 is 24.1 Å². The minimum Gasteiger partial charge on any atom is -0.507 e. The molecule has 6 atom stereocenters. The molecular weight excluding hydrogens is 1010 g/mol. The molecule has 1 aromatic carbocycles. The Bertz CT molecular complexity index is 3330. The minimum absolute atomic E-state index is 0.00388. The number of para-hydroxylation sites is 1. The predicted molar refractivity (Wildman–Crippen MR) is 289 cm³/mol. The van der Waals surface area contributed by atoms with Crippen LogP contribution in [-0.4, -0.2) is 130 Å². The van der Waals surface area contributed by atoms with Gasteiger partial charge in [0.05, 0.1) is 57.7 Å². The molecule has 0 radical (unpaired) electrons.